The Labute approximate surface area is 137 Å². The zero-order valence-electron chi connectivity index (χ0n) is 13.6. The smallest absolute Gasteiger partial charge is 0.321 e. The van der Waals surface area contributed by atoms with Gasteiger partial charge in [-0.15, -0.1) is 0 Å². The van der Waals surface area contributed by atoms with Crippen LogP contribution in [0.2, 0.25) is 0 Å². The number of hydrogen-bond donors (Lipinski definition) is 1. The van der Waals surface area contributed by atoms with Crippen molar-refractivity contribution in [2.45, 2.75) is 44.8 Å². The van der Waals surface area contributed by atoms with Crippen molar-refractivity contribution in [2.75, 3.05) is 31.6 Å². The summed E-state index contributed by atoms with van der Waals surface area (Å²) in [6.45, 7) is 3.14. The molecule has 3 rings (SSSR count). The number of hydrogen-bond acceptors (Lipinski definition) is 3. The van der Waals surface area contributed by atoms with Crippen LogP contribution in [0.25, 0.3) is 0 Å². The first kappa shape index (κ1) is 16.3. The van der Waals surface area contributed by atoms with Gasteiger partial charge in [0.15, 0.2) is 0 Å². The topological polar surface area (TPSA) is 50.8 Å². The number of amides is 2. The molecule has 2 amide bonds. The molecule has 1 aromatic rings. The molecule has 0 unspecified atom stereocenters. The van der Waals surface area contributed by atoms with Crippen molar-refractivity contribution in [3.8, 4) is 0 Å². The van der Waals surface area contributed by atoms with Crippen LogP contribution < -0.4 is 5.32 Å². The van der Waals surface area contributed by atoms with Gasteiger partial charge in [0.05, 0.1) is 25.9 Å². The van der Waals surface area contributed by atoms with Crippen LogP contribution in [0.4, 0.5) is 10.5 Å². The van der Waals surface area contributed by atoms with Crippen LogP contribution in [0.1, 0.15) is 37.7 Å². The number of carbonyl (C=O) groups is 1. The molecule has 0 atom stereocenters. The van der Waals surface area contributed by atoms with E-state index in [2.05, 4.69) is 5.32 Å². The van der Waals surface area contributed by atoms with Gasteiger partial charge < -0.3 is 19.7 Å². The van der Waals surface area contributed by atoms with Gasteiger partial charge in [0.1, 0.15) is 0 Å². The third-order valence-electron chi connectivity index (χ3n) is 4.51. The minimum atomic E-state index is -0.0568. The predicted molar refractivity (Wildman–Crippen MR) is 89.5 cm³/mol. The van der Waals surface area contributed by atoms with Crippen molar-refractivity contribution in [2.24, 2.45) is 0 Å². The lowest BCUT2D eigenvalue weighted by molar-refractivity contribution is 0.0169. The molecule has 1 N–H and O–H groups in total. The first-order valence-corrected chi connectivity index (χ1v) is 8.65. The molecule has 2 fully saturated rings. The molecule has 1 saturated carbocycles. The Morgan fingerprint density at radius 2 is 2.00 bits per heavy atom. The third kappa shape index (κ3) is 4.94. The summed E-state index contributed by atoms with van der Waals surface area (Å²) in [6, 6.07) is 7.88. The third-order valence-corrected chi connectivity index (χ3v) is 4.51. The van der Waals surface area contributed by atoms with Crippen LogP contribution in [0.5, 0.6) is 0 Å². The number of ether oxygens (including phenoxy) is 2. The number of carbonyl (C=O) groups excluding carboxylic acids is 1. The Hall–Kier alpha value is -1.59. The largest absolute Gasteiger partial charge is 0.378 e. The second kappa shape index (κ2) is 8.31. The van der Waals surface area contributed by atoms with Gasteiger partial charge in [0, 0.05) is 18.8 Å². The van der Waals surface area contributed by atoms with Crippen LogP contribution in [0, 0.1) is 0 Å². The summed E-state index contributed by atoms with van der Waals surface area (Å²) in [7, 11) is 0. The number of nitrogens with zero attached hydrogens (tertiary/aromatic N) is 1. The first-order valence-electron chi connectivity index (χ1n) is 8.65. The highest BCUT2D eigenvalue weighted by Crippen LogP contribution is 2.22. The number of nitrogens with one attached hydrogen (secondary N) is 1. The van der Waals surface area contributed by atoms with Crippen LogP contribution in [-0.4, -0.2) is 43.3 Å². The molecule has 1 aliphatic carbocycles. The standard InChI is InChI=1S/C18H26N2O3/c21-18(20-9-11-22-12-10-20)19-16-6-4-5-15(13-16)14-23-17-7-2-1-3-8-17/h4-6,13,17H,1-3,7-12,14H2,(H,19,21). The summed E-state index contributed by atoms with van der Waals surface area (Å²) in [5.74, 6) is 0. The van der Waals surface area contributed by atoms with E-state index < -0.39 is 0 Å². The van der Waals surface area contributed by atoms with E-state index in [1.165, 1.54) is 32.1 Å². The lowest BCUT2D eigenvalue weighted by Gasteiger charge is -2.27. The zero-order valence-corrected chi connectivity index (χ0v) is 13.6. The van der Waals surface area contributed by atoms with E-state index in [4.69, 9.17) is 9.47 Å². The Balaban J connectivity index is 1.51. The van der Waals surface area contributed by atoms with E-state index in [-0.39, 0.29) is 6.03 Å². The Bertz CT molecular complexity index is 509. The molecular formula is C18H26N2O3. The zero-order chi connectivity index (χ0) is 15.9. The van der Waals surface area contributed by atoms with Crippen molar-refractivity contribution < 1.29 is 14.3 Å². The Kier molecular flexibility index (Phi) is 5.88. The summed E-state index contributed by atoms with van der Waals surface area (Å²) in [5.41, 5.74) is 1.93. The molecule has 126 valence electrons. The molecule has 5 heteroatoms. The molecule has 1 aromatic carbocycles. The highest BCUT2D eigenvalue weighted by atomic mass is 16.5. The van der Waals surface area contributed by atoms with Crippen molar-refractivity contribution in [3.05, 3.63) is 29.8 Å². The molecule has 1 saturated heterocycles. The van der Waals surface area contributed by atoms with Crippen LogP contribution in [0.3, 0.4) is 0 Å². The molecule has 23 heavy (non-hydrogen) atoms. The van der Waals surface area contributed by atoms with Crippen molar-refractivity contribution in [3.63, 3.8) is 0 Å². The van der Waals surface area contributed by atoms with E-state index in [0.717, 1.165) is 11.3 Å². The van der Waals surface area contributed by atoms with Gasteiger partial charge in [-0.2, -0.15) is 0 Å². The summed E-state index contributed by atoms with van der Waals surface area (Å²) in [6.07, 6.45) is 6.64. The van der Waals surface area contributed by atoms with Crippen LogP contribution in [0.15, 0.2) is 24.3 Å². The molecule has 0 aromatic heterocycles. The van der Waals surface area contributed by atoms with Crippen LogP contribution in [-0.2, 0) is 16.1 Å². The number of rotatable bonds is 4. The fourth-order valence-corrected chi connectivity index (χ4v) is 3.15. The van der Waals surface area contributed by atoms with Gasteiger partial charge in [0.2, 0.25) is 0 Å². The lowest BCUT2D eigenvalue weighted by Crippen LogP contribution is -2.43. The average molecular weight is 318 g/mol. The Morgan fingerprint density at radius 1 is 1.22 bits per heavy atom. The normalized spacial score (nSPS) is 19.6. The Morgan fingerprint density at radius 3 is 2.78 bits per heavy atom. The fourth-order valence-electron chi connectivity index (χ4n) is 3.15. The summed E-state index contributed by atoms with van der Waals surface area (Å²) < 4.78 is 11.3. The van der Waals surface area contributed by atoms with E-state index in [1.807, 2.05) is 24.3 Å². The minimum absolute atomic E-state index is 0.0568. The van der Waals surface area contributed by atoms with Gasteiger partial charge in [-0.25, -0.2) is 4.79 Å². The molecule has 0 bridgehead atoms. The second-order valence-corrected chi connectivity index (χ2v) is 6.30. The summed E-state index contributed by atoms with van der Waals surface area (Å²) in [5, 5.41) is 2.97. The predicted octanol–water partition coefficient (Wildman–Crippen LogP) is 3.40. The maximum Gasteiger partial charge on any atom is 0.321 e. The van der Waals surface area contributed by atoms with Gasteiger partial charge in [0.25, 0.3) is 0 Å². The number of benzene rings is 1. The van der Waals surface area contributed by atoms with Gasteiger partial charge in [-0.1, -0.05) is 31.4 Å². The molecule has 2 aliphatic rings. The number of anilines is 1. The molecular weight excluding hydrogens is 292 g/mol. The lowest BCUT2D eigenvalue weighted by atomic mass is 9.98. The highest BCUT2D eigenvalue weighted by molar-refractivity contribution is 5.89. The van der Waals surface area contributed by atoms with Crippen LogP contribution >= 0.6 is 0 Å². The van der Waals surface area contributed by atoms with Crippen molar-refractivity contribution in [1.82, 2.24) is 4.90 Å². The minimum Gasteiger partial charge on any atom is -0.378 e. The highest BCUT2D eigenvalue weighted by Gasteiger charge is 2.17. The average Bonchev–Trinajstić information content (AvgIpc) is 2.62. The quantitative estimate of drug-likeness (QED) is 0.925. The fraction of sp³-hybridized carbons (Fsp3) is 0.611. The summed E-state index contributed by atoms with van der Waals surface area (Å²) >= 11 is 0. The van der Waals surface area contributed by atoms with E-state index in [0.29, 0.717) is 39.0 Å². The SMILES string of the molecule is O=C(Nc1cccc(COC2CCCCC2)c1)N1CCOCC1. The van der Waals surface area contributed by atoms with E-state index >= 15 is 0 Å². The maximum absolute atomic E-state index is 12.2. The maximum atomic E-state index is 12.2. The van der Waals surface area contributed by atoms with E-state index in [9.17, 15) is 4.79 Å². The number of morpholine rings is 1. The van der Waals surface area contributed by atoms with Gasteiger partial charge in [-0.3, -0.25) is 0 Å². The molecule has 1 heterocycles. The molecule has 0 radical (unpaired) electrons. The van der Waals surface area contributed by atoms with Gasteiger partial charge in [-0.05, 0) is 30.5 Å². The van der Waals surface area contributed by atoms with Crippen molar-refractivity contribution in [1.29, 1.82) is 0 Å². The first-order chi connectivity index (χ1) is 11.3. The number of urea groups is 1. The molecule has 0 spiro atoms. The summed E-state index contributed by atoms with van der Waals surface area (Å²) in [4.78, 5) is 14.0. The monoisotopic (exact) mass is 318 g/mol. The van der Waals surface area contributed by atoms with E-state index in [1.54, 1.807) is 4.90 Å². The molecule has 1 aliphatic heterocycles. The van der Waals surface area contributed by atoms with Crippen molar-refractivity contribution >= 4 is 11.7 Å². The van der Waals surface area contributed by atoms with Gasteiger partial charge >= 0.3 is 6.03 Å². The molecule has 5 nitrogen and oxygen atoms in total. The second-order valence-electron chi connectivity index (χ2n) is 6.30.